The van der Waals surface area contributed by atoms with Crippen molar-refractivity contribution in [3.63, 3.8) is 0 Å². The lowest BCUT2D eigenvalue weighted by molar-refractivity contribution is 0.0784. The van der Waals surface area contributed by atoms with Gasteiger partial charge in [-0.1, -0.05) is 42.8 Å². The molecule has 4 heteroatoms. The van der Waals surface area contributed by atoms with E-state index < -0.39 is 0 Å². The Hall–Kier alpha value is -1.87. The van der Waals surface area contributed by atoms with E-state index in [1.165, 1.54) is 11.8 Å². The molecular weight excluding hydrogens is 272 g/mol. The van der Waals surface area contributed by atoms with Gasteiger partial charge in [0.1, 0.15) is 5.15 Å². The van der Waals surface area contributed by atoms with Gasteiger partial charge in [0.25, 0.3) is 5.91 Å². The molecule has 1 aromatic heterocycles. The number of benzene rings is 1. The molecule has 2 rings (SSSR count). The third-order valence-corrected chi connectivity index (χ3v) is 3.40. The van der Waals surface area contributed by atoms with Gasteiger partial charge in [0.2, 0.25) is 0 Å². The summed E-state index contributed by atoms with van der Waals surface area (Å²) in [5.74, 6) is -0.0614. The van der Waals surface area contributed by atoms with E-state index >= 15 is 0 Å². The number of hydrogen-bond donors (Lipinski definition) is 0. The van der Waals surface area contributed by atoms with E-state index in [1.54, 1.807) is 24.1 Å². The second kappa shape index (κ2) is 6.53. The van der Waals surface area contributed by atoms with Crippen molar-refractivity contribution in [1.82, 2.24) is 9.88 Å². The number of carbonyl (C=O) groups excluding carboxylic acids is 1. The number of amides is 1. The lowest BCUT2D eigenvalue weighted by Gasteiger charge is -2.17. The van der Waals surface area contributed by atoms with Crippen LogP contribution in [0.2, 0.25) is 5.15 Å². The molecule has 0 aliphatic rings. The van der Waals surface area contributed by atoms with E-state index in [2.05, 4.69) is 36.2 Å². The minimum atomic E-state index is -0.0614. The lowest BCUT2D eigenvalue weighted by Crippen LogP contribution is -2.26. The van der Waals surface area contributed by atoms with E-state index in [9.17, 15) is 4.79 Å². The minimum Gasteiger partial charge on any atom is -0.337 e. The maximum Gasteiger partial charge on any atom is 0.255 e. The molecular formula is C16H17ClN2O. The van der Waals surface area contributed by atoms with Crippen LogP contribution in [-0.2, 0) is 13.0 Å². The van der Waals surface area contributed by atoms with Crippen LogP contribution in [0.4, 0.5) is 0 Å². The third kappa shape index (κ3) is 3.58. The molecule has 0 unspecified atom stereocenters. The fourth-order valence-electron chi connectivity index (χ4n) is 1.95. The summed E-state index contributed by atoms with van der Waals surface area (Å²) in [6, 6.07) is 11.6. The monoisotopic (exact) mass is 288 g/mol. The van der Waals surface area contributed by atoms with Crippen LogP contribution in [0.5, 0.6) is 0 Å². The maximum absolute atomic E-state index is 12.2. The standard InChI is InChI=1S/C16H17ClN2O/c1-3-12-4-6-13(7-5-12)11-19(2)16(20)14-8-9-15(17)18-10-14/h4-10H,3,11H2,1-2H3. The third-order valence-electron chi connectivity index (χ3n) is 3.17. The highest BCUT2D eigenvalue weighted by Gasteiger charge is 2.12. The summed E-state index contributed by atoms with van der Waals surface area (Å²) in [7, 11) is 1.78. The Morgan fingerprint density at radius 3 is 2.35 bits per heavy atom. The fraction of sp³-hybridized carbons (Fsp3) is 0.250. The Labute approximate surface area is 124 Å². The summed E-state index contributed by atoms with van der Waals surface area (Å²) < 4.78 is 0. The quantitative estimate of drug-likeness (QED) is 0.806. The molecule has 2 aromatic rings. The van der Waals surface area contributed by atoms with Gasteiger partial charge >= 0.3 is 0 Å². The first-order valence-electron chi connectivity index (χ1n) is 6.55. The van der Waals surface area contributed by atoms with Crippen molar-refractivity contribution in [1.29, 1.82) is 0 Å². The Morgan fingerprint density at radius 2 is 1.80 bits per heavy atom. The van der Waals surface area contributed by atoms with E-state index in [4.69, 9.17) is 11.6 Å². The number of aromatic nitrogens is 1. The van der Waals surface area contributed by atoms with Gasteiger partial charge < -0.3 is 4.90 Å². The van der Waals surface area contributed by atoms with Crippen LogP contribution in [0.1, 0.15) is 28.4 Å². The summed E-state index contributed by atoms with van der Waals surface area (Å²) >= 11 is 5.72. The Morgan fingerprint density at radius 1 is 1.15 bits per heavy atom. The van der Waals surface area contributed by atoms with Crippen LogP contribution in [0.25, 0.3) is 0 Å². The average Bonchev–Trinajstić information content (AvgIpc) is 2.48. The van der Waals surface area contributed by atoms with E-state index in [1.807, 2.05) is 0 Å². The molecule has 0 saturated heterocycles. The van der Waals surface area contributed by atoms with Crippen LogP contribution in [0, 0.1) is 0 Å². The number of halogens is 1. The lowest BCUT2D eigenvalue weighted by atomic mass is 10.1. The molecule has 20 heavy (non-hydrogen) atoms. The van der Waals surface area contributed by atoms with Crippen LogP contribution in [0.15, 0.2) is 42.6 Å². The summed E-state index contributed by atoms with van der Waals surface area (Å²) in [6.07, 6.45) is 2.52. The van der Waals surface area contributed by atoms with E-state index in [0.717, 1.165) is 12.0 Å². The van der Waals surface area contributed by atoms with Crippen LogP contribution >= 0.6 is 11.6 Å². The first-order valence-corrected chi connectivity index (χ1v) is 6.92. The largest absolute Gasteiger partial charge is 0.337 e. The van der Waals surface area contributed by atoms with Gasteiger partial charge in [-0.15, -0.1) is 0 Å². The first kappa shape index (κ1) is 14.5. The molecule has 0 aliphatic heterocycles. The number of carbonyl (C=O) groups is 1. The topological polar surface area (TPSA) is 33.2 Å². The van der Waals surface area contributed by atoms with Gasteiger partial charge in [-0.2, -0.15) is 0 Å². The van der Waals surface area contributed by atoms with Gasteiger partial charge in [0, 0.05) is 19.8 Å². The minimum absolute atomic E-state index is 0.0614. The molecule has 104 valence electrons. The molecule has 0 bridgehead atoms. The van der Waals surface area contributed by atoms with Crippen LogP contribution in [0.3, 0.4) is 0 Å². The van der Waals surface area contributed by atoms with Crippen LogP contribution < -0.4 is 0 Å². The fourth-order valence-corrected chi connectivity index (χ4v) is 2.06. The van der Waals surface area contributed by atoms with E-state index in [0.29, 0.717) is 17.3 Å². The van der Waals surface area contributed by atoms with Gasteiger partial charge in [0.15, 0.2) is 0 Å². The highest BCUT2D eigenvalue weighted by molar-refractivity contribution is 6.29. The first-order chi connectivity index (χ1) is 9.60. The van der Waals surface area contributed by atoms with Gasteiger partial charge in [-0.3, -0.25) is 4.79 Å². The maximum atomic E-state index is 12.2. The Kier molecular flexibility index (Phi) is 4.74. The predicted octanol–water partition coefficient (Wildman–Crippen LogP) is 3.57. The van der Waals surface area contributed by atoms with Gasteiger partial charge in [-0.25, -0.2) is 4.98 Å². The number of rotatable bonds is 4. The molecule has 0 spiro atoms. The second-order valence-electron chi connectivity index (χ2n) is 4.70. The van der Waals surface area contributed by atoms with Crippen molar-refractivity contribution in [3.8, 4) is 0 Å². The Balaban J connectivity index is 2.04. The molecule has 0 N–H and O–H groups in total. The van der Waals surface area contributed by atoms with Crippen LogP contribution in [-0.4, -0.2) is 22.8 Å². The molecule has 1 heterocycles. The molecule has 3 nitrogen and oxygen atoms in total. The smallest absolute Gasteiger partial charge is 0.255 e. The number of aryl methyl sites for hydroxylation is 1. The van der Waals surface area contributed by atoms with Gasteiger partial charge in [0.05, 0.1) is 5.56 Å². The molecule has 0 fully saturated rings. The number of hydrogen-bond acceptors (Lipinski definition) is 2. The Bertz CT molecular complexity index is 578. The highest BCUT2D eigenvalue weighted by atomic mass is 35.5. The summed E-state index contributed by atoms with van der Waals surface area (Å²) in [6.45, 7) is 2.70. The molecule has 1 amide bonds. The molecule has 1 aromatic carbocycles. The summed E-state index contributed by atoms with van der Waals surface area (Å²) in [5, 5.41) is 0.388. The van der Waals surface area contributed by atoms with Crippen molar-refractivity contribution in [2.75, 3.05) is 7.05 Å². The summed E-state index contributed by atoms with van der Waals surface area (Å²) in [4.78, 5) is 17.8. The zero-order valence-electron chi connectivity index (χ0n) is 11.6. The highest BCUT2D eigenvalue weighted by Crippen LogP contribution is 2.11. The average molecular weight is 289 g/mol. The SMILES string of the molecule is CCc1ccc(CN(C)C(=O)c2ccc(Cl)nc2)cc1. The number of nitrogens with zero attached hydrogens (tertiary/aromatic N) is 2. The number of pyridine rings is 1. The molecule has 0 radical (unpaired) electrons. The normalized spacial score (nSPS) is 10.3. The van der Waals surface area contributed by atoms with Crippen molar-refractivity contribution >= 4 is 17.5 Å². The van der Waals surface area contributed by atoms with Gasteiger partial charge in [-0.05, 0) is 29.7 Å². The predicted molar refractivity (Wildman–Crippen MR) is 80.9 cm³/mol. The zero-order chi connectivity index (χ0) is 14.5. The van der Waals surface area contributed by atoms with E-state index in [-0.39, 0.29) is 5.91 Å². The van der Waals surface area contributed by atoms with Crippen molar-refractivity contribution in [2.45, 2.75) is 19.9 Å². The molecule has 0 aliphatic carbocycles. The molecule has 0 atom stereocenters. The van der Waals surface area contributed by atoms with Crippen molar-refractivity contribution < 1.29 is 4.79 Å². The second-order valence-corrected chi connectivity index (χ2v) is 5.09. The van der Waals surface area contributed by atoms with Crippen molar-refractivity contribution in [3.05, 3.63) is 64.4 Å². The zero-order valence-corrected chi connectivity index (χ0v) is 12.4. The summed E-state index contributed by atoms with van der Waals surface area (Å²) in [5.41, 5.74) is 2.95. The molecule has 0 saturated carbocycles. The van der Waals surface area contributed by atoms with Crippen molar-refractivity contribution in [2.24, 2.45) is 0 Å².